The van der Waals surface area contributed by atoms with Gasteiger partial charge in [-0.05, 0) is 92.0 Å². The third-order valence-corrected chi connectivity index (χ3v) is 15.0. The van der Waals surface area contributed by atoms with Gasteiger partial charge in [-0.1, -0.05) is 200 Å². The smallest absolute Gasteiger partial charge is 0.164 e. The summed E-state index contributed by atoms with van der Waals surface area (Å²) in [6.07, 6.45) is 0. The molecule has 0 radical (unpaired) electrons. The molecule has 0 saturated carbocycles. The van der Waals surface area contributed by atoms with E-state index in [4.69, 9.17) is 15.0 Å². The first kappa shape index (κ1) is 40.1. The Labute approximate surface area is 408 Å². The van der Waals surface area contributed by atoms with Crippen molar-refractivity contribution in [2.75, 3.05) is 0 Å². The van der Waals surface area contributed by atoms with Crippen molar-refractivity contribution in [1.82, 2.24) is 19.5 Å². The lowest BCUT2D eigenvalue weighted by molar-refractivity contribution is 1.07. The average Bonchev–Trinajstić information content (AvgIpc) is 3.98. The van der Waals surface area contributed by atoms with E-state index in [1.165, 1.54) is 58.0 Å². The van der Waals surface area contributed by atoms with Gasteiger partial charge in [0, 0.05) is 58.7 Å². The van der Waals surface area contributed by atoms with Crippen molar-refractivity contribution in [2.24, 2.45) is 0 Å². The monoisotopic (exact) mass is 908 g/mol. The topological polar surface area (TPSA) is 43.6 Å². The number of nitrogens with zero attached hydrogens (tertiary/aromatic N) is 4. The fourth-order valence-corrected chi connectivity index (χ4v) is 11.5. The number of thiophene rings is 1. The summed E-state index contributed by atoms with van der Waals surface area (Å²) in [4.78, 5) is 16.0. The predicted molar refractivity (Wildman–Crippen MR) is 295 cm³/mol. The van der Waals surface area contributed by atoms with E-state index >= 15 is 0 Å². The summed E-state index contributed by atoms with van der Waals surface area (Å²) in [5.74, 6) is 1.83. The number of fused-ring (bicyclic) bond motifs is 9. The maximum absolute atomic E-state index is 5.39. The second kappa shape index (κ2) is 16.3. The molecule has 0 saturated heterocycles. The zero-order valence-corrected chi connectivity index (χ0v) is 38.6. The van der Waals surface area contributed by atoms with Gasteiger partial charge in [0.2, 0.25) is 0 Å². The van der Waals surface area contributed by atoms with Crippen LogP contribution in [-0.4, -0.2) is 19.5 Å². The summed E-state index contributed by atoms with van der Waals surface area (Å²) in [5.41, 5.74) is 12.9. The molecule has 0 aliphatic carbocycles. The molecule has 0 amide bonds. The van der Waals surface area contributed by atoms with Gasteiger partial charge >= 0.3 is 0 Å². The highest BCUT2D eigenvalue weighted by molar-refractivity contribution is 7.25. The summed E-state index contributed by atoms with van der Waals surface area (Å²) in [5, 5.41) is 9.81. The van der Waals surface area contributed by atoms with Crippen molar-refractivity contribution in [3.05, 3.63) is 243 Å². The van der Waals surface area contributed by atoms with E-state index < -0.39 is 0 Å². The standard InChI is InChI=1S/C65H40N4S/c1-3-13-41(14-4-1)43-23-27-46(28-24-43)63-66-64(47-29-25-44(26-30-47)42-15-5-2-6-16-42)68-65(67-63)56-36-33-51(40-57(56)50-32-34-54-53-21-11-12-22-60(53)70-61(54)39-50)69-59-38-49-19-8-7-18-48(49)37-58(59)55-35-31-45-17-9-10-20-52(45)62(55)69/h1-40H. The van der Waals surface area contributed by atoms with Crippen LogP contribution >= 0.6 is 11.3 Å². The Hall–Kier alpha value is -9.03. The van der Waals surface area contributed by atoms with Crippen LogP contribution in [0.3, 0.4) is 0 Å². The first-order valence-electron chi connectivity index (χ1n) is 23.7. The van der Waals surface area contributed by atoms with Crippen molar-refractivity contribution in [3.63, 3.8) is 0 Å². The molecule has 70 heavy (non-hydrogen) atoms. The van der Waals surface area contributed by atoms with Crippen molar-refractivity contribution in [3.8, 4) is 73.2 Å². The number of aromatic nitrogens is 4. The molecule has 0 bridgehead atoms. The first-order valence-corrected chi connectivity index (χ1v) is 24.5. The Kier molecular flexibility index (Phi) is 9.36. The highest BCUT2D eigenvalue weighted by atomic mass is 32.1. The number of rotatable bonds is 7. The molecule has 14 rings (SSSR count). The quantitative estimate of drug-likeness (QED) is 0.160. The van der Waals surface area contributed by atoms with Crippen LogP contribution < -0.4 is 0 Å². The van der Waals surface area contributed by atoms with Crippen LogP contribution in [-0.2, 0) is 0 Å². The van der Waals surface area contributed by atoms with Gasteiger partial charge in [-0.15, -0.1) is 11.3 Å². The molecule has 0 N–H and O–H groups in total. The third kappa shape index (κ3) is 6.78. The van der Waals surface area contributed by atoms with E-state index in [0.29, 0.717) is 17.5 Å². The zero-order valence-electron chi connectivity index (χ0n) is 37.8. The van der Waals surface area contributed by atoms with E-state index in [2.05, 4.69) is 235 Å². The molecule has 326 valence electrons. The van der Waals surface area contributed by atoms with E-state index in [-0.39, 0.29) is 0 Å². The van der Waals surface area contributed by atoms with Crippen LogP contribution in [0.5, 0.6) is 0 Å². The van der Waals surface area contributed by atoms with Gasteiger partial charge in [0.05, 0.1) is 11.0 Å². The van der Waals surface area contributed by atoms with Crippen molar-refractivity contribution in [1.29, 1.82) is 0 Å². The molecule has 14 aromatic rings. The van der Waals surface area contributed by atoms with Gasteiger partial charge in [-0.25, -0.2) is 15.0 Å². The van der Waals surface area contributed by atoms with Crippen molar-refractivity contribution < 1.29 is 0 Å². The molecule has 0 unspecified atom stereocenters. The van der Waals surface area contributed by atoms with E-state index in [1.54, 1.807) is 0 Å². The summed E-state index contributed by atoms with van der Waals surface area (Å²) in [6.45, 7) is 0. The molecule has 3 aromatic heterocycles. The minimum Gasteiger partial charge on any atom is -0.309 e. The Bertz CT molecular complexity index is 4220. The summed E-state index contributed by atoms with van der Waals surface area (Å²) >= 11 is 1.83. The minimum absolute atomic E-state index is 0.607. The van der Waals surface area contributed by atoms with Gasteiger partial charge in [-0.2, -0.15) is 0 Å². The predicted octanol–water partition coefficient (Wildman–Crippen LogP) is 17.6. The Morgan fingerprint density at radius 3 is 1.49 bits per heavy atom. The molecule has 5 heteroatoms. The molecular weight excluding hydrogens is 869 g/mol. The normalized spacial score (nSPS) is 11.7. The maximum atomic E-state index is 5.39. The number of hydrogen-bond acceptors (Lipinski definition) is 4. The van der Waals surface area contributed by atoms with E-state index in [9.17, 15) is 0 Å². The third-order valence-electron chi connectivity index (χ3n) is 13.8. The highest BCUT2D eigenvalue weighted by Crippen LogP contribution is 2.43. The molecule has 0 fully saturated rings. The summed E-state index contributed by atoms with van der Waals surface area (Å²) in [7, 11) is 0. The second-order valence-corrected chi connectivity index (χ2v) is 19.1. The van der Waals surface area contributed by atoms with Crippen molar-refractivity contribution in [2.45, 2.75) is 0 Å². The lowest BCUT2D eigenvalue weighted by atomic mass is 9.96. The molecule has 4 nitrogen and oxygen atoms in total. The average molecular weight is 909 g/mol. The number of benzene rings is 11. The Morgan fingerprint density at radius 1 is 0.286 bits per heavy atom. The van der Waals surface area contributed by atoms with E-state index in [1.807, 2.05) is 23.5 Å². The molecule has 0 aliphatic rings. The molecule has 0 spiro atoms. The molecule has 0 aliphatic heterocycles. The van der Waals surface area contributed by atoms with Crippen LogP contribution in [0.1, 0.15) is 0 Å². The molecule has 3 heterocycles. The first-order chi connectivity index (χ1) is 34.7. The lowest BCUT2D eigenvalue weighted by Gasteiger charge is -2.16. The zero-order chi connectivity index (χ0) is 46.1. The van der Waals surface area contributed by atoms with Gasteiger partial charge in [0.15, 0.2) is 17.5 Å². The van der Waals surface area contributed by atoms with Crippen LogP contribution in [0.2, 0.25) is 0 Å². The lowest BCUT2D eigenvalue weighted by Crippen LogP contribution is -2.02. The highest BCUT2D eigenvalue weighted by Gasteiger charge is 2.21. The van der Waals surface area contributed by atoms with Gasteiger partial charge in [0.25, 0.3) is 0 Å². The van der Waals surface area contributed by atoms with Crippen LogP contribution in [0.4, 0.5) is 0 Å². The fraction of sp³-hybridized carbons (Fsp3) is 0. The number of hydrogen-bond donors (Lipinski definition) is 0. The van der Waals surface area contributed by atoms with Crippen LogP contribution in [0.15, 0.2) is 243 Å². The summed E-state index contributed by atoms with van der Waals surface area (Å²) < 4.78 is 4.98. The largest absolute Gasteiger partial charge is 0.309 e. The molecule has 0 atom stereocenters. The van der Waals surface area contributed by atoms with Gasteiger partial charge in [0.1, 0.15) is 0 Å². The van der Waals surface area contributed by atoms with Gasteiger partial charge < -0.3 is 4.57 Å². The fourth-order valence-electron chi connectivity index (χ4n) is 10.4. The Morgan fingerprint density at radius 2 is 0.800 bits per heavy atom. The van der Waals surface area contributed by atoms with Crippen LogP contribution in [0, 0.1) is 0 Å². The maximum Gasteiger partial charge on any atom is 0.164 e. The van der Waals surface area contributed by atoms with E-state index in [0.717, 1.165) is 61.3 Å². The van der Waals surface area contributed by atoms with Gasteiger partial charge in [-0.3, -0.25) is 0 Å². The van der Waals surface area contributed by atoms with Crippen LogP contribution in [0.25, 0.3) is 137 Å². The SMILES string of the molecule is c1ccc(-c2ccc(-c3nc(-c4ccc(-c5ccccc5)cc4)nc(-c4ccc(-n5c6cc7ccccc7cc6c6ccc7ccccc7c65)cc4-c4ccc5c(c4)sc4ccccc45)n3)cc2)cc1. The minimum atomic E-state index is 0.607. The summed E-state index contributed by atoms with van der Waals surface area (Å²) in [6, 6.07) is 87.2. The molecule has 11 aromatic carbocycles. The molecular formula is C65H40N4S. The Balaban J connectivity index is 1.02. The second-order valence-electron chi connectivity index (χ2n) is 18.0. The van der Waals surface area contributed by atoms with Crippen molar-refractivity contribution >= 4 is 74.9 Å².